The Kier molecular flexibility index (Phi) is 5.56. The van der Waals surface area contributed by atoms with Crippen LogP contribution in [0, 0.1) is 0 Å². The maximum Gasteiger partial charge on any atom is 0.324 e. The Bertz CT molecular complexity index is 431. The molecule has 1 aromatic rings. The van der Waals surface area contributed by atoms with Crippen LogP contribution in [0.1, 0.15) is 25.0 Å². The first kappa shape index (κ1) is 15.0. The van der Waals surface area contributed by atoms with Crippen LogP contribution in [0.25, 0.3) is 0 Å². The standard InChI is InChI=1S/C16H24N2O2/c1-3-13-5-7-14(8-6-13)12-18-10-9-17-11-15(18)16(19)20-4-2/h5-8,15,17H,3-4,9-12H2,1-2H3. The fourth-order valence-electron chi connectivity index (χ4n) is 2.52. The van der Waals surface area contributed by atoms with Gasteiger partial charge in [0.1, 0.15) is 6.04 Å². The van der Waals surface area contributed by atoms with Crippen LogP contribution in [-0.2, 0) is 22.5 Å². The Balaban J connectivity index is 2.02. The normalized spacial score (nSPS) is 19.8. The second-order valence-electron chi connectivity index (χ2n) is 5.11. The van der Waals surface area contributed by atoms with E-state index in [1.807, 2.05) is 6.92 Å². The number of carbonyl (C=O) groups excluding carboxylic acids is 1. The number of benzene rings is 1. The van der Waals surface area contributed by atoms with Gasteiger partial charge in [-0.15, -0.1) is 0 Å². The van der Waals surface area contributed by atoms with Gasteiger partial charge >= 0.3 is 5.97 Å². The number of nitrogens with zero attached hydrogens (tertiary/aromatic N) is 1. The number of rotatable bonds is 5. The first-order valence-corrected chi connectivity index (χ1v) is 7.43. The van der Waals surface area contributed by atoms with Crippen LogP contribution in [0.3, 0.4) is 0 Å². The zero-order valence-corrected chi connectivity index (χ0v) is 12.4. The maximum atomic E-state index is 12.0. The second kappa shape index (κ2) is 7.41. The smallest absolute Gasteiger partial charge is 0.324 e. The summed E-state index contributed by atoms with van der Waals surface area (Å²) in [7, 11) is 0. The van der Waals surface area contributed by atoms with Gasteiger partial charge < -0.3 is 10.1 Å². The van der Waals surface area contributed by atoms with Gasteiger partial charge in [0.05, 0.1) is 6.61 Å². The summed E-state index contributed by atoms with van der Waals surface area (Å²) < 4.78 is 5.17. The Morgan fingerprint density at radius 3 is 2.65 bits per heavy atom. The minimum absolute atomic E-state index is 0.120. The van der Waals surface area contributed by atoms with E-state index in [0.717, 1.165) is 26.1 Å². The number of nitrogens with one attached hydrogen (secondary N) is 1. The van der Waals surface area contributed by atoms with Gasteiger partial charge in [-0.2, -0.15) is 0 Å². The Labute approximate surface area is 121 Å². The number of hydrogen-bond donors (Lipinski definition) is 1. The van der Waals surface area contributed by atoms with Crippen LogP contribution in [0.2, 0.25) is 0 Å². The van der Waals surface area contributed by atoms with Crippen molar-refractivity contribution in [1.29, 1.82) is 0 Å². The molecule has 0 amide bonds. The number of piperazine rings is 1. The van der Waals surface area contributed by atoms with Crippen molar-refractivity contribution < 1.29 is 9.53 Å². The van der Waals surface area contributed by atoms with E-state index in [0.29, 0.717) is 13.2 Å². The van der Waals surface area contributed by atoms with E-state index in [4.69, 9.17) is 4.74 Å². The predicted molar refractivity (Wildman–Crippen MR) is 79.5 cm³/mol. The predicted octanol–water partition coefficient (Wildman–Crippen LogP) is 1.59. The molecule has 1 fully saturated rings. The first-order chi connectivity index (χ1) is 9.74. The quantitative estimate of drug-likeness (QED) is 0.829. The monoisotopic (exact) mass is 276 g/mol. The van der Waals surface area contributed by atoms with E-state index in [-0.39, 0.29) is 12.0 Å². The molecular weight excluding hydrogens is 252 g/mol. The highest BCUT2D eigenvalue weighted by atomic mass is 16.5. The SMILES string of the molecule is CCOC(=O)C1CNCCN1Cc1ccc(CC)cc1. The van der Waals surface area contributed by atoms with E-state index in [1.165, 1.54) is 11.1 Å². The first-order valence-electron chi connectivity index (χ1n) is 7.43. The molecule has 1 heterocycles. The van der Waals surface area contributed by atoms with Gasteiger partial charge in [-0.05, 0) is 24.5 Å². The summed E-state index contributed by atoms with van der Waals surface area (Å²) in [4.78, 5) is 14.2. The highest BCUT2D eigenvalue weighted by molar-refractivity contribution is 5.76. The van der Waals surface area contributed by atoms with Crippen molar-refractivity contribution in [3.63, 3.8) is 0 Å². The summed E-state index contributed by atoms with van der Waals surface area (Å²) in [5, 5.41) is 3.27. The Morgan fingerprint density at radius 2 is 2.00 bits per heavy atom. The number of ether oxygens (including phenoxy) is 1. The fourth-order valence-corrected chi connectivity index (χ4v) is 2.52. The molecule has 110 valence electrons. The number of carbonyl (C=O) groups is 1. The molecule has 1 aromatic carbocycles. The molecule has 2 rings (SSSR count). The van der Waals surface area contributed by atoms with Gasteiger partial charge in [0, 0.05) is 26.2 Å². The molecule has 1 N–H and O–H groups in total. The largest absolute Gasteiger partial charge is 0.465 e. The van der Waals surface area contributed by atoms with Crippen molar-refractivity contribution in [2.45, 2.75) is 32.9 Å². The van der Waals surface area contributed by atoms with E-state index in [2.05, 4.69) is 41.4 Å². The van der Waals surface area contributed by atoms with Crippen molar-refractivity contribution in [3.05, 3.63) is 35.4 Å². The Morgan fingerprint density at radius 1 is 1.30 bits per heavy atom. The van der Waals surface area contributed by atoms with Crippen molar-refractivity contribution in [3.8, 4) is 0 Å². The van der Waals surface area contributed by atoms with Crippen LogP contribution < -0.4 is 5.32 Å². The molecule has 1 saturated heterocycles. The average Bonchev–Trinajstić information content (AvgIpc) is 2.49. The minimum Gasteiger partial charge on any atom is -0.465 e. The minimum atomic E-state index is -0.172. The molecule has 0 aliphatic carbocycles. The molecule has 1 aliphatic heterocycles. The second-order valence-corrected chi connectivity index (χ2v) is 5.11. The van der Waals surface area contributed by atoms with Gasteiger partial charge in [-0.1, -0.05) is 31.2 Å². The lowest BCUT2D eigenvalue weighted by Gasteiger charge is -2.34. The summed E-state index contributed by atoms with van der Waals surface area (Å²) in [6.45, 7) is 7.71. The third-order valence-electron chi connectivity index (χ3n) is 3.73. The molecule has 0 radical (unpaired) electrons. The van der Waals surface area contributed by atoms with E-state index in [1.54, 1.807) is 0 Å². The zero-order valence-electron chi connectivity index (χ0n) is 12.4. The number of esters is 1. The maximum absolute atomic E-state index is 12.0. The fraction of sp³-hybridized carbons (Fsp3) is 0.562. The highest BCUT2D eigenvalue weighted by Gasteiger charge is 2.29. The van der Waals surface area contributed by atoms with E-state index >= 15 is 0 Å². The van der Waals surface area contributed by atoms with Crippen molar-refractivity contribution in [2.75, 3.05) is 26.2 Å². The molecule has 4 heteroatoms. The molecule has 1 aliphatic rings. The molecular formula is C16H24N2O2. The summed E-state index contributed by atoms with van der Waals surface area (Å²) in [6, 6.07) is 8.47. The molecule has 20 heavy (non-hydrogen) atoms. The topological polar surface area (TPSA) is 41.6 Å². The van der Waals surface area contributed by atoms with E-state index < -0.39 is 0 Å². The molecule has 4 nitrogen and oxygen atoms in total. The third-order valence-corrected chi connectivity index (χ3v) is 3.73. The molecule has 1 unspecified atom stereocenters. The number of hydrogen-bond acceptors (Lipinski definition) is 4. The number of aryl methyl sites for hydroxylation is 1. The average molecular weight is 276 g/mol. The van der Waals surface area contributed by atoms with Gasteiger partial charge in [-0.3, -0.25) is 9.69 Å². The van der Waals surface area contributed by atoms with Gasteiger partial charge in [0.15, 0.2) is 0 Å². The van der Waals surface area contributed by atoms with Crippen LogP contribution >= 0.6 is 0 Å². The van der Waals surface area contributed by atoms with Crippen LogP contribution in [0.5, 0.6) is 0 Å². The lowest BCUT2D eigenvalue weighted by atomic mass is 10.1. The van der Waals surface area contributed by atoms with Crippen LogP contribution in [0.4, 0.5) is 0 Å². The van der Waals surface area contributed by atoms with Gasteiger partial charge in [0.25, 0.3) is 0 Å². The Hall–Kier alpha value is -1.39. The highest BCUT2D eigenvalue weighted by Crippen LogP contribution is 2.13. The lowest BCUT2D eigenvalue weighted by molar-refractivity contribution is -0.150. The van der Waals surface area contributed by atoms with Gasteiger partial charge in [-0.25, -0.2) is 0 Å². The van der Waals surface area contributed by atoms with Crippen molar-refractivity contribution >= 4 is 5.97 Å². The molecule has 0 bridgehead atoms. The summed E-state index contributed by atoms with van der Waals surface area (Å²) in [5.74, 6) is -0.120. The molecule has 0 saturated carbocycles. The lowest BCUT2D eigenvalue weighted by Crippen LogP contribution is -2.54. The van der Waals surface area contributed by atoms with Crippen LogP contribution in [-0.4, -0.2) is 43.2 Å². The molecule has 0 aromatic heterocycles. The van der Waals surface area contributed by atoms with E-state index in [9.17, 15) is 4.79 Å². The van der Waals surface area contributed by atoms with Gasteiger partial charge in [0.2, 0.25) is 0 Å². The van der Waals surface area contributed by atoms with Crippen LogP contribution in [0.15, 0.2) is 24.3 Å². The van der Waals surface area contributed by atoms with Crippen molar-refractivity contribution in [1.82, 2.24) is 10.2 Å². The summed E-state index contributed by atoms with van der Waals surface area (Å²) in [6.07, 6.45) is 1.05. The zero-order chi connectivity index (χ0) is 14.4. The third kappa shape index (κ3) is 3.81. The molecule has 0 spiro atoms. The summed E-state index contributed by atoms with van der Waals surface area (Å²) in [5.41, 5.74) is 2.59. The molecule has 1 atom stereocenters. The summed E-state index contributed by atoms with van der Waals surface area (Å²) >= 11 is 0. The van der Waals surface area contributed by atoms with Crippen molar-refractivity contribution in [2.24, 2.45) is 0 Å².